The van der Waals surface area contributed by atoms with Crippen LogP contribution in [0.3, 0.4) is 0 Å². The largest absolute Gasteiger partial charge is 0.334 e. The van der Waals surface area contributed by atoms with Crippen molar-refractivity contribution in [2.24, 2.45) is 0 Å². The van der Waals surface area contributed by atoms with E-state index in [1.165, 1.54) is 22.2 Å². The van der Waals surface area contributed by atoms with Gasteiger partial charge in [-0.05, 0) is 5.56 Å². The molecule has 2 heterocycles. The van der Waals surface area contributed by atoms with Gasteiger partial charge in [0.2, 0.25) is 5.91 Å². The normalized spacial score (nSPS) is 10.6. The van der Waals surface area contributed by atoms with Crippen LogP contribution >= 0.6 is 11.3 Å². The fourth-order valence-corrected chi connectivity index (χ4v) is 3.65. The number of fused-ring (bicyclic) bond motifs is 1. The summed E-state index contributed by atoms with van der Waals surface area (Å²) < 4.78 is 1.36. The van der Waals surface area contributed by atoms with E-state index in [9.17, 15) is 9.59 Å². The average molecular weight is 365 g/mol. The Morgan fingerprint density at radius 2 is 1.88 bits per heavy atom. The van der Waals surface area contributed by atoms with Crippen molar-refractivity contribution in [2.75, 3.05) is 13.1 Å². The molecule has 6 heteroatoms. The summed E-state index contributed by atoms with van der Waals surface area (Å²) in [6.45, 7) is 8.07. The molecule has 3 rings (SSSR count). The van der Waals surface area contributed by atoms with Gasteiger partial charge >= 0.3 is 0 Å². The SMILES string of the molecule is C=CCN(CC=C)C(=O)Cn1cnc2scc(-c3ccccc3)c2c1=O. The van der Waals surface area contributed by atoms with Crippen LogP contribution in [0.5, 0.6) is 0 Å². The molecule has 0 saturated heterocycles. The molecular formula is C20H19N3O2S. The number of nitrogens with zero attached hydrogens (tertiary/aromatic N) is 3. The molecule has 0 unspecified atom stereocenters. The van der Waals surface area contributed by atoms with Gasteiger partial charge in [-0.3, -0.25) is 14.2 Å². The molecule has 5 nitrogen and oxygen atoms in total. The average Bonchev–Trinajstić information content (AvgIpc) is 3.09. The van der Waals surface area contributed by atoms with Crippen LogP contribution in [0.25, 0.3) is 21.3 Å². The second kappa shape index (κ2) is 7.93. The summed E-state index contributed by atoms with van der Waals surface area (Å²) in [5.41, 5.74) is 1.60. The fourth-order valence-electron chi connectivity index (χ4n) is 2.75. The zero-order chi connectivity index (χ0) is 18.5. The van der Waals surface area contributed by atoms with Crippen LogP contribution in [0.2, 0.25) is 0 Å². The number of hydrogen-bond acceptors (Lipinski definition) is 4. The number of carbonyl (C=O) groups excluding carboxylic acids is 1. The minimum Gasteiger partial charge on any atom is -0.334 e. The summed E-state index contributed by atoms with van der Waals surface area (Å²) in [5, 5.41) is 2.48. The standard InChI is InChI=1S/C20H19N3O2S/c1-3-10-22(11-4-2)17(24)12-23-14-21-19-18(20(23)25)16(13-26-19)15-8-6-5-7-9-15/h3-9,13-14H,1-2,10-12H2. The summed E-state index contributed by atoms with van der Waals surface area (Å²) in [6, 6.07) is 9.71. The molecule has 0 radical (unpaired) electrons. The highest BCUT2D eigenvalue weighted by Gasteiger charge is 2.16. The molecule has 0 aliphatic heterocycles. The van der Waals surface area contributed by atoms with Crippen molar-refractivity contribution in [2.45, 2.75) is 6.54 Å². The summed E-state index contributed by atoms with van der Waals surface area (Å²) in [7, 11) is 0. The van der Waals surface area contributed by atoms with Gasteiger partial charge in [-0.2, -0.15) is 0 Å². The summed E-state index contributed by atoms with van der Waals surface area (Å²) >= 11 is 1.43. The van der Waals surface area contributed by atoms with Crippen molar-refractivity contribution < 1.29 is 4.79 Å². The van der Waals surface area contributed by atoms with E-state index in [1.807, 2.05) is 35.7 Å². The molecule has 0 spiro atoms. The molecule has 2 aromatic heterocycles. The maximum Gasteiger partial charge on any atom is 0.263 e. The third kappa shape index (κ3) is 3.50. The van der Waals surface area contributed by atoms with Crippen molar-refractivity contribution >= 4 is 27.5 Å². The van der Waals surface area contributed by atoms with Gasteiger partial charge in [0.1, 0.15) is 11.4 Å². The molecule has 0 aliphatic rings. The number of benzene rings is 1. The first-order valence-electron chi connectivity index (χ1n) is 8.17. The van der Waals surface area contributed by atoms with Crippen molar-refractivity contribution in [1.29, 1.82) is 0 Å². The Hall–Kier alpha value is -2.99. The van der Waals surface area contributed by atoms with Gasteiger partial charge in [0.05, 0.1) is 11.7 Å². The quantitative estimate of drug-likeness (QED) is 0.604. The Labute approximate surface area is 155 Å². The molecular weight excluding hydrogens is 346 g/mol. The first-order valence-corrected chi connectivity index (χ1v) is 9.05. The topological polar surface area (TPSA) is 55.2 Å². The molecule has 3 aromatic rings. The molecule has 0 bridgehead atoms. The fraction of sp³-hybridized carbons (Fsp3) is 0.150. The zero-order valence-electron chi connectivity index (χ0n) is 14.3. The lowest BCUT2D eigenvalue weighted by molar-refractivity contribution is -0.130. The van der Waals surface area contributed by atoms with Gasteiger partial charge in [-0.1, -0.05) is 42.5 Å². The third-order valence-corrected chi connectivity index (χ3v) is 4.89. The molecule has 132 valence electrons. The maximum atomic E-state index is 13.0. The van der Waals surface area contributed by atoms with E-state index in [2.05, 4.69) is 18.1 Å². The maximum absolute atomic E-state index is 13.0. The zero-order valence-corrected chi connectivity index (χ0v) is 15.1. The molecule has 0 fully saturated rings. The second-order valence-electron chi connectivity index (χ2n) is 5.75. The lowest BCUT2D eigenvalue weighted by atomic mass is 10.1. The lowest BCUT2D eigenvalue weighted by Crippen LogP contribution is -2.36. The van der Waals surface area contributed by atoms with Gasteiger partial charge in [-0.15, -0.1) is 24.5 Å². The van der Waals surface area contributed by atoms with E-state index in [-0.39, 0.29) is 18.0 Å². The van der Waals surface area contributed by atoms with Gasteiger partial charge < -0.3 is 4.90 Å². The smallest absolute Gasteiger partial charge is 0.263 e. The highest BCUT2D eigenvalue weighted by Crippen LogP contribution is 2.30. The van der Waals surface area contributed by atoms with Crippen LogP contribution in [-0.4, -0.2) is 33.4 Å². The number of thiophene rings is 1. The number of rotatable bonds is 7. The Bertz CT molecular complexity index is 995. The first-order chi connectivity index (χ1) is 12.7. The van der Waals surface area contributed by atoms with Crippen LogP contribution in [0.4, 0.5) is 0 Å². The second-order valence-corrected chi connectivity index (χ2v) is 6.61. The third-order valence-electron chi connectivity index (χ3n) is 4.00. The summed E-state index contributed by atoms with van der Waals surface area (Å²) in [4.78, 5) is 32.1. The molecule has 0 aliphatic carbocycles. The van der Waals surface area contributed by atoms with E-state index in [0.29, 0.717) is 23.3 Å². The number of hydrogen-bond donors (Lipinski definition) is 0. The molecule has 1 aromatic carbocycles. The molecule has 1 amide bonds. The summed E-state index contributed by atoms with van der Waals surface area (Å²) in [6.07, 6.45) is 4.74. The Morgan fingerprint density at radius 1 is 1.19 bits per heavy atom. The van der Waals surface area contributed by atoms with Crippen LogP contribution < -0.4 is 5.56 Å². The van der Waals surface area contributed by atoms with Crippen molar-refractivity contribution in [3.8, 4) is 11.1 Å². The van der Waals surface area contributed by atoms with E-state index in [1.54, 1.807) is 17.1 Å². The van der Waals surface area contributed by atoms with Gasteiger partial charge in [0.25, 0.3) is 5.56 Å². The first kappa shape index (κ1) is 17.8. The molecule has 0 atom stereocenters. The molecule has 0 saturated carbocycles. The lowest BCUT2D eigenvalue weighted by Gasteiger charge is -2.19. The number of carbonyl (C=O) groups is 1. The monoisotopic (exact) mass is 365 g/mol. The highest BCUT2D eigenvalue weighted by atomic mass is 32.1. The van der Waals surface area contributed by atoms with Crippen LogP contribution in [0.1, 0.15) is 0 Å². The minimum absolute atomic E-state index is 0.0620. The predicted octanol–water partition coefficient (Wildman–Crippen LogP) is 3.33. The molecule has 0 N–H and O–H groups in total. The van der Waals surface area contributed by atoms with E-state index >= 15 is 0 Å². The van der Waals surface area contributed by atoms with Crippen LogP contribution in [0.15, 0.2) is 72.1 Å². The Balaban J connectivity index is 1.99. The minimum atomic E-state index is -0.208. The van der Waals surface area contributed by atoms with E-state index in [0.717, 1.165) is 11.1 Å². The van der Waals surface area contributed by atoms with Crippen molar-refractivity contribution in [3.05, 3.63) is 77.7 Å². The van der Waals surface area contributed by atoms with Crippen LogP contribution in [0, 0.1) is 0 Å². The Kier molecular flexibility index (Phi) is 5.43. The number of amides is 1. The number of aromatic nitrogens is 2. The van der Waals surface area contributed by atoms with Crippen LogP contribution in [-0.2, 0) is 11.3 Å². The van der Waals surface area contributed by atoms with Crippen molar-refractivity contribution in [1.82, 2.24) is 14.5 Å². The van der Waals surface area contributed by atoms with Gasteiger partial charge in [0, 0.05) is 24.0 Å². The van der Waals surface area contributed by atoms with Gasteiger partial charge in [-0.25, -0.2) is 4.98 Å². The van der Waals surface area contributed by atoms with Gasteiger partial charge in [0.15, 0.2) is 0 Å². The summed E-state index contributed by atoms with van der Waals surface area (Å²) in [5.74, 6) is -0.176. The molecule has 26 heavy (non-hydrogen) atoms. The Morgan fingerprint density at radius 3 is 2.54 bits per heavy atom. The predicted molar refractivity (Wildman–Crippen MR) is 106 cm³/mol. The van der Waals surface area contributed by atoms with E-state index in [4.69, 9.17) is 0 Å². The highest BCUT2D eigenvalue weighted by molar-refractivity contribution is 7.17. The van der Waals surface area contributed by atoms with Crippen molar-refractivity contribution in [3.63, 3.8) is 0 Å². The van der Waals surface area contributed by atoms with E-state index < -0.39 is 0 Å².